The van der Waals surface area contributed by atoms with Crippen molar-refractivity contribution in [1.82, 2.24) is 0 Å². The first-order valence-electron chi connectivity index (χ1n) is 5.88. The van der Waals surface area contributed by atoms with Crippen LogP contribution in [0.3, 0.4) is 0 Å². The Kier molecular flexibility index (Phi) is 5.40. The number of nitrogens with zero attached hydrogens (tertiary/aromatic N) is 1. The molecule has 1 aromatic carbocycles. The van der Waals surface area contributed by atoms with E-state index in [9.17, 15) is 0 Å². The second kappa shape index (κ2) is 6.38. The molecule has 0 unspecified atom stereocenters. The number of nitrogens with two attached hydrogens (primary N) is 1. The van der Waals surface area contributed by atoms with Gasteiger partial charge in [-0.25, -0.2) is 0 Å². The molecule has 0 bridgehead atoms. The number of guanidine groups is 1. The van der Waals surface area contributed by atoms with Crippen molar-refractivity contribution in [3.63, 3.8) is 0 Å². The lowest BCUT2D eigenvalue weighted by Gasteiger charge is -2.10. The highest BCUT2D eigenvalue weighted by Crippen LogP contribution is 2.45. The van der Waals surface area contributed by atoms with Crippen LogP contribution >= 0.6 is 24.0 Å². The molecule has 18 heavy (non-hydrogen) atoms. The molecule has 5 heteroatoms. The van der Waals surface area contributed by atoms with Gasteiger partial charge in [-0.2, -0.15) is 0 Å². The summed E-state index contributed by atoms with van der Waals surface area (Å²) in [5.74, 6) is 0.412. The quantitative estimate of drug-likeness (QED) is 0.437. The van der Waals surface area contributed by atoms with Gasteiger partial charge >= 0.3 is 0 Å². The van der Waals surface area contributed by atoms with E-state index >= 15 is 0 Å². The lowest BCUT2D eigenvalue weighted by atomic mass is 10.1. The number of aliphatic hydroxyl groups excluding tert-OH is 1. The first-order chi connectivity index (χ1) is 8.13. The molecule has 0 amide bonds. The van der Waals surface area contributed by atoms with Gasteiger partial charge in [-0.05, 0) is 37.5 Å². The molecule has 1 aromatic rings. The van der Waals surface area contributed by atoms with Crippen molar-refractivity contribution in [2.24, 2.45) is 16.1 Å². The van der Waals surface area contributed by atoms with Crippen molar-refractivity contribution >= 4 is 35.6 Å². The Morgan fingerprint density at radius 1 is 1.50 bits per heavy atom. The second-order valence-corrected chi connectivity index (χ2v) is 4.85. The van der Waals surface area contributed by atoms with Gasteiger partial charge in [-0.3, -0.25) is 4.99 Å². The summed E-state index contributed by atoms with van der Waals surface area (Å²) < 4.78 is 0. The molecule has 0 heterocycles. The molecule has 1 saturated carbocycles. The van der Waals surface area contributed by atoms with E-state index in [1.54, 1.807) is 0 Å². The minimum Gasteiger partial charge on any atom is -0.396 e. The third-order valence-electron chi connectivity index (χ3n) is 3.17. The fourth-order valence-corrected chi connectivity index (χ4v) is 1.71. The molecular weight excluding hydrogens is 341 g/mol. The highest BCUT2D eigenvalue weighted by molar-refractivity contribution is 14.0. The highest BCUT2D eigenvalue weighted by atomic mass is 127. The van der Waals surface area contributed by atoms with Crippen molar-refractivity contribution in [3.8, 4) is 0 Å². The van der Waals surface area contributed by atoms with E-state index < -0.39 is 0 Å². The molecule has 0 aromatic heterocycles. The summed E-state index contributed by atoms with van der Waals surface area (Å²) >= 11 is 0. The van der Waals surface area contributed by atoms with Crippen LogP contribution in [0.25, 0.3) is 0 Å². The number of halogens is 1. The molecule has 0 saturated heterocycles. The molecule has 4 N–H and O–H groups in total. The fraction of sp³-hybridized carbons (Fsp3) is 0.462. The van der Waals surface area contributed by atoms with Crippen LogP contribution in [0.2, 0.25) is 0 Å². The Balaban J connectivity index is 0.00000162. The number of anilines is 1. The van der Waals surface area contributed by atoms with Gasteiger partial charge in [-0.1, -0.05) is 12.1 Å². The molecular formula is C13H20IN3O. The second-order valence-electron chi connectivity index (χ2n) is 4.85. The van der Waals surface area contributed by atoms with Gasteiger partial charge < -0.3 is 16.2 Å². The first kappa shape index (κ1) is 15.2. The number of aliphatic imine (C=N–C) groups is 1. The van der Waals surface area contributed by atoms with Crippen LogP contribution in [-0.4, -0.2) is 24.2 Å². The molecule has 0 aliphatic heterocycles. The summed E-state index contributed by atoms with van der Waals surface area (Å²) in [6.45, 7) is 2.84. The number of aryl methyl sites for hydroxylation is 1. The van der Waals surface area contributed by atoms with Crippen LogP contribution in [0.1, 0.15) is 18.4 Å². The third kappa shape index (κ3) is 4.13. The Labute approximate surface area is 125 Å². The average Bonchev–Trinajstić information content (AvgIpc) is 3.07. The van der Waals surface area contributed by atoms with Gasteiger partial charge in [0.25, 0.3) is 0 Å². The van der Waals surface area contributed by atoms with Crippen molar-refractivity contribution in [1.29, 1.82) is 0 Å². The first-order valence-corrected chi connectivity index (χ1v) is 5.88. The van der Waals surface area contributed by atoms with Crippen molar-refractivity contribution in [2.75, 3.05) is 18.5 Å². The molecule has 2 rings (SSSR count). The van der Waals surface area contributed by atoms with Gasteiger partial charge in [0.05, 0.1) is 13.2 Å². The Morgan fingerprint density at radius 2 is 2.22 bits per heavy atom. The smallest absolute Gasteiger partial charge is 0.193 e. The van der Waals surface area contributed by atoms with E-state index in [1.165, 1.54) is 5.56 Å². The molecule has 0 radical (unpaired) electrons. The Bertz CT molecular complexity index is 430. The minimum atomic E-state index is 0. The van der Waals surface area contributed by atoms with Crippen molar-refractivity contribution in [2.45, 2.75) is 19.8 Å². The summed E-state index contributed by atoms with van der Waals surface area (Å²) in [5, 5.41) is 12.2. The molecule has 1 fully saturated rings. The number of benzene rings is 1. The lowest BCUT2D eigenvalue weighted by molar-refractivity contribution is 0.217. The van der Waals surface area contributed by atoms with E-state index in [4.69, 9.17) is 10.8 Å². The van der Waals surface area contributed by atoms with Crippen molar-refractivity contribution in [3.05, 3.63) is 29.8 Å². The molecule has 0 atom stereocenters. The van der Waals surface area contributed by atoms with Gasteiger partial charge in [0.1, 0.15) is 0 Å². The zero-order valence-corrected chi connectivity index (χ0v) is 12.8. The number of aliphatic hydroxyl groups is 1. The van der Waals surface area contributed by atoms with E-state index in [0.717, 1.165) is 18.5 Å². The summed E-state index contributed by atoms with van der Waals surface area (Å²) in [4.78, 5) is 4.28. The average molecular weight is 361 g/mol. The van der Waals surface area contributed by atoms with Crippen LogP contribution in [-0.2, 0) is 0 Å². The summed E-state index contributed by atoms with van der Waals surface area (Å²) in [5.41, 5.74) is 7.94. The molecule has 0 spiro atoms. The number of rotatable bonds is 4. The van der Waals surface area contributed by atoms with Crippen LogP contribution in [0.5, 0.6) is 0 Å². The molecule has 1 aliphatic carbocycles. The van der Waals surface area contributed by atoms with Gasteiger partial charge in [-0.15, -0.1) is 24.0 Å². The molecule has 1 aliphatic rings. The Hall–Kier alpha value is -0.820. The van der Waals surface area contributed by atoms with E-state index in [-0.39, 0.29) is 36.0 Å². The van der Waals surface area contributed by atoms with Crippen LogP contribution in [0, 0.1) is 12.3 Å². The maximum absolute atomic E-state index is 9.17. The maximum Gasteiger partial charge on any atom is 0.193 e. The van der Waals surface area contributed by atoms with Gasteiger partial charge in [0.2, 0.25) is 0 Å². The largest absolute Gasteiger partial charge is 0.396 e. The predicted octanol–water partition coefficient (Wildman–Crippen LogP) is 2.11. The number of nitrogens with one attached hydrogen (secondary N) is 1. The van der Waals surface area contributed by atoms with Gasteiger partial charge in [0.15, 0.2) is 5.96 Å². The van der Waals surface area contributed by atoms with Crippen molar-refractivity contribution < 1.29 is 5.11 Å². The fourth-order valence-electron chi connectivity index (χ4n) is 1.71. The lowest BCUT2D eigenvalue weighted by Crippen LogP contribution is -2.24. The van der Waals surface area contributed by atoms with E-state index in [0.29, 0.717) is 12.5 Å². The predicted molar refractivity (Wildman–Crippen MR) is 85.5 cm³/mol. The van der Waals surface area contributed by atoms with Crippen LogP contribution < -0.4 is 11.1 Å². The van der Waals surface area contributed by atoms with E-state index in [2.05, 4.69) is 10.3 Å². The van der Waals surface area contributed by atoms with Crippen LogP contribution in [0.4, 0.5) is 5.69 Å². The number of hydrogen-bond acceptors (Lipinski definition) is 2. The van der Waals surface area contributed by atoms with E-state index in [1.807, 2.05) is 31.2 Å². The summed E-state index contributed by atoms with van der Waals surface area (Å²) in [6, 6.07) is 7.97. The SMILES string of the molecule is Cc1cccc(NC(N)=NCC2(CO)CC2)c1.I. The Morgan fingerprint density at radius 3 is 2.78 bits per heavy atom. The monoisotopic (exact) mass is 361 g/mol. The zero-order valence-electron chi connectivity index (χ0n) is 10.5. The molecule has 4 nitrogen and oxygen atoms in total. The van der Waals surface area contributed by atoms with Crippen LogP contribution in [0.15, 0.2) is 29.3 Å². The zero-order chi connectivity index (χ0) is 12.3. The van der Waals surface area contributed by atoms with Gasteiger partial charge in [0, 0.05) is 11.1 Å². The summed E-state index contributed by atoms with van der Waals surface area (Å²) in [7, 11) is 0. The number of hydrogen-bond donors (Lipinski definition) is 3. The maximum atomic E-state index is 9.17. The normalized spacial score (nSPS) is 16.9. The topological polar surface area (TPSA) is 70.6 Å². The third-order valence-corrected chi connectivity index (χ3v) is 3.17. The standard InChI is InChI=1S/C13H19N3O.HI/c1-10-3-2-4-11(7-10)16-12(14)15-8-13(9-17)5-6-13;/h2-4,7,17H,5-6,8-9H2,1H3,(H3,14,15,16);1H. The summed E-state index contributed by atoms with van der Waals surface area (Å²) in [6.07, 6.45) is 2.09. The minimum absolute atomic E-state index is 0. The highest BCUT2D eigenvalue weighted by Gasteiger charge is 2.41. The molecule has 100 valence electrons.